The minimum Gasteiger partial charge on any atom is -0.366 e. The largest absolute Gasteiger partial charge is 0.419 e. The lowest BCUT2D eigenvalue weighted by molar-refractivity contribution is -0.140. The van der Waals surface area contributed by atoms with Crippen LogP contribution in [0.5, 0.6) is 0 Å². The van der Waals surface area contributed by atoms with Crippen molar-refractivity contribution in [2.24, 2.45) is 5.73 Å². The predicted octanol–water partition coefficient (Wildman–Crippen LogP) is 2.71. The third-order valence-corrected chi connectivity index (χ3v) is 2.07. The van der Waals surface area contributed by atoms with Crippen LogP contribution in [-0.2, 0) is 6.18 Å². The SMILES string of the molecule is NC(=O)c1cc(Br)cc(C(F)(F)F)c1F. The highest BCUT2D eigenvalue weighted by Crippen LogP contribution is 2.34. The molecule has 1 amide bonds. The van der Waals surface area contributed by atoms with E-state index in [1.54, 1.807) is 0 Å². The fourth-order valence-corrected chi connectivity index (χ4v) is 1.43. The van der Waals surface area contributed by atoms with E-state index in [4.69, 9.17) is 5.73 Å². The number of carbonyl (C=O) groups excluding carboxylic acids is 1. The zero-order valence-electron chi connectivity index (χ0n) is 7.03. The van der Waals surface area contributed by atoms with Gasteiger partial charge < -0.3 is 5.73 Å². The lowest BCUT2D eigenvalue weighted by Crippen LogP contribution is -2.17. The van der Waals surface area contributed by atoms with Crippen molar-refractivity contribution >= 4 is 21.8 Å². The van der Waals surface area contributed by atoms with E-state index in [0.29, 0.717) is 6.07 Å². The molecule has 0 aromatic heterocycles. The first-order chi connectivity index (χ1) is 6.73. The maximum atomic E-state index is 13.2. The van der Waals surface area contributed by atoms with Crippen LogP contribution in [-0.4, -0.2) is 5.91 Å². The van der Waals surface area contributed by atoms with Crippen molar-refractivity contribution in [3.8, 4) is 0 Å². The number of amides is 1. The first-order valence-corrected chi connectivity index (χ1v) is 4.39. The number of alkyl halides is 3. The highest BCUT2D eigenvalue weighted by Gasteiger charge is 2.36. The topological polar surface area (TPSA) is 43.1 Å². The molecule has 1 aromatic rings. The molecule has 0 aliphatic heterocycles. The Balaban J connectivity index is 3.49. The summed E-state index contributed by atoms with van der Waals surface area (Å²) in [5, 5.41) is 0. The Labute approximate surface area is 90.2 Å². The Kier molecular flexibility index (Phi) is 3.03. The van der Waals surface area contributed by atoms with Gasteiger partial charge in [-0.25, -0.2) is 4.39 Å². The first kappa shape index (κ1) is 12.0. The van der Waals surface area contributed by atoms with Gasteiger partial charge in [0.25, 0.3) is 5.91 Å². The summed E-state index contributed by atoms with van der Waals surface area (Å²) in [4.78, 5) is 10.6. The van der Waals surface area contributed by atoms with Gasteiger partial charge in [-0.05, 0) is 12.1 Å². The Bertz CT molecular complexity index is 416. The number of primary amides is 1. The van der Waals surface area contributed by atoms with Gasteiger partial charge in [0.2, 0.25) is 0 Å². The van der Waals surface area contributed by atoms with Crippen molar-refractivity contribution in [3.63, 3.8) is 0 Å². The van der Waals surface area contributed by atoms with E-state index < -0.39 is 29.0 Å². The van der Waals surface area contributed by atoms with Gasteiger partial charge in [-0.3, -0.25) is 4.79 Å². The summed E-state index contributed by atoms with van der Waals surface area (Å²) < 4.78 is 49.9. The second-order valence-electron chi connectivity index (χ2n) is 2.68. The summed E-state index contributed by atoms with van der Waals surface area (Å²) in [6, 6.07) is 1.44. The van der Waals surface area contributed by atoms with Crippen LogP contribution in [0.1, 0.15) is 15.9 Å². The predicted molar refractivity (Wildman–Crippen MR) is 47.6 cm³/mol. The quantitative estimate of drug-likeness (QED) is 0.792. The number of hydrogen-bond acceptors (Lipinski definition) is 1. The van der Waals surface area contributed by atoms with Crippen LogP contribution in [0.3, 0.4) is 0 Å². The van der Waals surface area contributed by atoms with Gasteiger partial charge in [0.15, 0.2) is 0 Å². The Morgan fingerprint density at radius 1 is 1.33 bits per heavy atom. The second kappa shape index (κ2) is 3.80. The van der Waals surface area contributed by atoms with E-state index in [0.717, 1.165) is 6.07 Å². The third-order valence-electron chi connectivity index (χ3n) is 1.61. The van der Waals surface area contributed by atoms with Gasteiger partial charge in [-0.2, -0.15) is 13.2 Å². The highest BCUT2D eigenvalue weighted by molar-refractivity contribution is 9.10. The van der Waals surface area contributed by atoms with E-state index in [1.807, 2.05) is 0 Å². The van der Waals surface area contributed by atoms with Crippen LogP contribution in [0.15, 0.2) is 16.6 Å². The number of nitrogens with two attached hydrogens (primary N) is 1. The lowest BCUT2D eigenvalue weighted by atomic mass is 10.1. The van der Waals surface area contributed by atoms with E-state index in [-0.39, 0.29) is 4.47 Å². The molecule has 15 heavy (non-hydrogen) atoms. The van der Waals surface area contributed by atoms with Crippen LogP contribution in [0.4, 0.5) is 17.6 Å². The standard InChI is InChI=1S/C8H4BrF4NO/c9-3-1-4(7(14)15)6(10)5(2-3)8(11,12)13/h1-2H,(H2,14,15). The molecular weight excluding hydrogens is 282 g/mol. The molecule has 0 atom stereocenters. The third kappa shape index (κ3) is 2.47. The fraction of sp³-hybridized carbons (Fsp3) is 0.125. The van der Waals surface area contributed by atoms with Crippen LogP contribution in [0.25, 0.3) is 0 Å². The number of halogens is 5. The molecule has 82 valence electrons. The second-order valence-corrected chi connectivity index (χ2v) is 3.59. The zero-order valence-corrected chi connectivity index (χ0v) is 8.62. The number of carbonyl (C=O) groups is 1. The summed E-state index contributed by atoms with van der Waals surface area (Å²) in [5.74, 6) is -2.91. The Hall–Kier alpha value is -1.11. The van der Waals surface area contributed by atoms with Crippen LogP contribution >= 0.6 is 15.9 Å². The summed E-state index contributed by atoms with van der Waals surface area (Å²) in [6.45, 7) is 0. The smallest absolute Gasteiger partial charge is 0.366 e. The molecule has 0 spiro atoms. The maximum absolute atomic E-state index is 13.2. The van der Waals surface area contributed by atoms with Gasteiger partial charge in [0.1, 0.15) is 5.82 Å². The zero-order chi connectivity index (χ0) is 11.8. The molecule has 0 radical (unpaired) electrons. The number of hydrogen-bond donors (Lipinski definition) is 1. The monoisotopic (exact) mass is 285 g/mol. The van der Waals surface area contributed by atoms with Crippen LogP contribution < -0.4 is 5.73 Å². The van der Waals surface area contributed by atoms with Gasteiger partial charge in [0.05, 0.1) is 11.1 Å². The molecule has 1 rings (SSSR count). The molecule has 0 aliphatic carbocycles. The first-order valence-electron chi connectivity index (χ1n) is 3.59. The van der Waals surface area contributed by atoms with Crippen molar-refractivity contribution in [3.05, 3.63) is 33.5 Å². The summed E-state index contributed by atoms with van der Waals surface area (Å²) in [5.41, 5.74) is 2.41. The number of rotatable bonds is 1. The van der Waals surface area contributed by atoms with E-state index >= 15 is 0 Å². The number of benzene rings is 1. The normalized spacial score (nSPS) is 11.5. The molecule has 0 bridgehead atoms. The van der Waals surface area contributed by atoms with E-state index in [2.05, 4.69) is 15.9 Å². The molecule has 0 aliphatic rings. The molecule has 7 heteroatoms. The van der Waals surface area contributed by atoms with Gasteiger partial charge in [-0.1, -0.05) is 15.9 Å². The van der Waals surface area contributed by atoms with Crippen molar-refractivity contribution in [2.45, 2.75) is 6.18 Å². The molecule has 0 fully saturated rings. The average molecular weight is 286 g/mol. The summed E-state index contributed by atoms with van der Waals surface area (Å²) >= 11 is 2.73. The van der Waals surface area contributed by atoms with Crippen molar-refractivity contribution < 1.29 is 22.4 Å². The van der Waals surface area contributed by atoms with Gasteiger partial charge >= 0.3 is 6.18 Å². The Morgan fingerprint density at radius 2 is 1.87 bits per heavy atom. The minimum atomic E-state index is -4.86. The molecule has 2 nitrogen and oxygen atoms in total. The fourth-order valence-electron chi connectivity index (χ4n) is 0.975. The van der Waals surface area contributed by atoms with Gasteiger partial charge in [-0.15, -0.1) is 0 Å². The summed E-state index contributed by atoms with van der Waals surface area (Å²) in [7, 11) is 0. The molecule has 0 heterocycles. The molecule has 0 unspecified atom stereocenters. The van der Waals surface area contributed by atoms with Gasteiger partial charge in [0, 0.05) is 4.47 Å². The molecule has 1 aromatic carbocycles. The van der Waals surface area contributed by atoms with Crippen molar-refractivity contribution in [1.29, 1.82) is 0 Å². The highest BCUT2D eigenvalue weighted by atomic mass is 79.9. The molecule has 2 N–H and O–H groups in total. The maximum Gasteiger partial charge on any atom is 0.419 e. The lowest BCUT2D eigenvalue weighted by Gasteiger charge is -2.10. The van der Waals surface area contributed by atoms with Crippen molar-refractivity contribution in [1.82, 2.24) is 0 Å². The molecular formula is C8H4BrF4NO. The van der Waals surface area contributed by atoms with Crippen LogP contribution in [0.2, 0.25) is 0 Å². The minimum absolute atomic E-state index is 0.0648. The average Bonchev–Trinajstić information content (AvgIpc) is 2.06. The van der Waals surface area contributed by atoms with E-state index in [9.17, 15) is 22.4 Å². The summed E-state index contributed by atoms with van der Waals surface area (Å²) in [6.07, 6.45) is -4.86. The molecule has 0 saturated heterocycles. The van der Waals surface area contributed by atoms with Crippen molar-refractivity contribution in [2.75, 3.05) is 0 Å². The van der Waals surface area contributed by atoms with Crippen LogP contribution in [0, 0.1) is 5.82 Å². The van der Waals surface area contributed by atoms with E-state index in [1.165, 1.54) is 0 Å². The molecule has 0 saturated carbocycles. The Morgan fingerprint density at radius 3 is 2.27 bits per heavy atom.